The third-order valence-corrected chi connectivity index (χ3v) is 4.27. The number of hydrogen-bond acceptors (Lipinski definition) is 7. The van der Waals surface area contributed by atoms with E-state index in [1.54, 1.807) is 38.5 Å². The van der Waals surface area contributed by atoms with Gasteiger partial charge < -0.3 is 20.0 Å². The maximum absolute atomic E-state index is 12.8. The average molecular weight is 412 g/mol. The Labute approximate surface area is 175 Å². The molecule has 1 aliphatic heterocycles. The van der Waals surface area contributed by atoms with Crippen molar-refractivity contribution in [1.82, 2.24) is 4.98 Å². The highest BCUT2D eigenvalue weighted by Crippen LogP contribution is 2.30. The van der Waals surface area contributed by atoms with Crippen molar-refractivity contribution in [2.45, 2.75) is 33.0 Å². The van der Waals surface area contributed by atoms with Gasteiger partial charge in [0.1, 0.15) is 23.5 Å². The summed E-state index contributed by atoms with van der Waals surface area (Å²) in [6.07, 6.45) is 2.35. The Morgan fingerprint density at radius 2 is 2.20 bits per heavy atom. The van der Waals surface area contributed by atoms with Crippen LogP contribution in [0.3, 0.4) is 0 Å². The van der Waals surface area contributed by atoms with Crippen LogP contribution in [0.2, 0.25) is 0 Å². The van der Waals surface area contributed by atoms with E-state index in [1.807, 2.05) is 24.3 Å². The molecular weight excluding hydrogens is 386 g/mol. The predicted molar refractivity (Wildman–Crippen MR) is 113 cm³/mol. The van der Waals surface area contributed by atoms with Crippen LogP contribution in [0.15, 0.2) is 42.1 Å². The van der Waals surface area contributed by atoms with Crippen molar-refractivity contribution in [3.8, 4) is 11.6 Å². The molecule has 3 rings (SSSR count). The number of carbonyl (C=O) groups excluding carboxylic acids is 1. The summed E-state index contributed by atoms with van der Waals surface area (Å²) >= 11 is 0. The molecular formula is C21H26N5O4+. The number of fused-ring (bicyclic) bond motifs is 3. The lowest BCUT2D eigenvalue weighted by Crippen LogP contribution is -2.48. The first-order valence-electron chi connectivity index (χ1n) is 9.47. The van der Waals surface area contributed by atoms with E-state index in [1.165, 1.54) is 11.1 Å². The number of para-hydroxylation sites is 1. The fraction of sp³-hybridized carbons (Fsp3) is 0.333. The van der Waals surface area contributed by atoms with E-state index in [9.17, 15) is 10.0 Å². The summed E-state index contributed by atoms with van der Waals surface area (Å²) in [5, 5.41) is 15.5. The maximum Gasteiger partial charge on any atom is 0.479 e. The first kappa shape index (κ1) is 21.1. The quantitative estimate of drug-likeness (QED) is 0.257. The Balaban J connectivity index is 2.25. The van der Waals surface area contributed by atoms with Gasteiger partial charge in [0.25, 0.3) is 5.88 Å². The second kappa shape index (κ2) is 8.40. The van der Waals surface area contributed by atoms with E-state index >= 15 is 0 Å². The standard InChI is InChI=1S/C21H25N5O4/c1-6-11-22-17-15(12-23-28)18-26(16-10-8-7-9-14(16)13-29-18)19(24-17)25(5)20(27)30-21(2,3)4/h6-10,12,28H,1,11,13H2,2-5H3/p+1/b23-12+. The molecule has 0 unspecified atom stereocenters. The molecule has 1 aliphatic rings. The van der Waals surface area contributed by atoms with E-state index in [0.717, 1.165) is 11.3 Å². The number of aromatic nitrogens is 2. The molecule has 0 bridgehead atoms. The number of amides is 1. The molecule has 9 heteroatoms. The average Bonchev–Trinajstić information content (AvgIpc) is 2.71. The summed E-state index contributed by atoms with van der Waals surface area (Å²) in [7, 11) is 1.58. The van der Waals surface area contributed by atoms with E-state index in [-0.39, 0.29) is 5.95 Å². The largest absolute Gasteiger partial charge is 0.479 e. The van der Waals surface area contributed by atoms with Gasteiger partial charge in [-0.25, -0.2) is 4.79 Å². The molecule has 0 aliphatic carbocycles. The molecule has 0 radical (unpaired) electrons. The number of oxime groups is 1. The second-order valence-corrected chi connectivity index (χ2v) is 7.69. The number of ether oxygens (including phenoxy) is 2. The highest BCUT2D eigenvalue weighted by Gasteiger charge is 2.37. The van der Waals surface area contributed by atoms with Crippen LogP contribution in [0.25, 0.3) is 5.69 Å². The number of benzene rings is 1. The summed E-state index contributed by atoms with van der Waals surface area (Å²) in [6, 6.07) is 7.65. The zero-order valence-electron chi connectivity index (χ0n) is 17.5. The molecule has 158 valence electrons. The zero-order chi connectivity index (χ0) is 21.9. The van der Waals surface area contributed by atoms with Crippen LogP contribution in [0.1, 0.15) is 31.9 Å². The zero-order valence-corrected chi connectivity index (χ0v) is 17.5. The number of nitrogens with zero attached hydrogens (tertiary/aromatic N) is 4. The van der Waals surface area contributed by atoms with Gasteiger partial charge in [0.15, 0.2) is 0 Å². The molecule has 0 saturated heterocycles. The van der Waals surface area contributed by atoms with Gasteiger partial charge in [-0.05, 0) is 26.8 Å². The maximum atomic E-state index is 12.8. The lowest BCUT2D eigenvalue weighted by Gasteiger charge is -2.25. The third-order valence-electron chi connectivity index (χ3n) is 4.27. The molecule has 2 aromatic rings. The Morgan fingerprint density at radius 1 is 1.47 bits per heavy atom. The summed E-state index contributed by atoms with van der Waals surface area (Å²) < 4.78 is 13.2. The number of rotatable bonds is 5. The molecule has 0 spiro atoms. The van der Waals surface area contributed by atoms with E-state index in [4.69, 9.17) is 9.47 Å². The second-order valence-electron chi connectivity index (χ2n) is 7.69. The van der Waals surface area contributed by atoms with Gasteiger partial charge in [0, 0.05) is 12.1 Å². The van der Waals surface area contributed by atoms with Gasteiger partial charge >= 0.3 is 12.0 Å². The number of nitrogens with one attached hydrogen (secondary N) is 1. The molecule has 2 N–H and O–H groups in total. The van der Waals surface area contributed by atoms with Gasteiger partial charge in [-0.1, -0.05) is 34.4 Å². The highest BCUT2D eigenvalue weighted by molar-refractivity contribution is 5.90. The molecule has 1 aromatic carbocycles. The molecule has 2 heterocycles. The van der Waals surface area contributed by atoms with Crippen molar-refractivity contribution in [3.63, 3.8) is 0 Å². The van der Waals surface area contributed by atoms with Crippen molar-refractivity contribution in [3.05, 3.63) is 48.0 Å². The van der Waals surface area contributed by atoms with Crippen LogP contribution in [-0.2, 0) is 11.3 Å². The summed E-state index contributed by atoms with van der Waals surface area (Å²) in [6.45, 7) is 9.82. The van der Waals surface area contributed by atoms with Crippen LogP contribution in [0, 0.1) is 0 Å². The SMILES string of the molecule is C=CCNc1nc(N(C)C(=O)OC(C)(C)C)[n+]2c(c1/C=N/O)OCc1ccccc1-2. The molecule has 1 aromatic heterocycles. The van der Waals surface area contributed by atoms with Crippen LogP contribution >= 0.6 is 0 Å². The monoisotopic (exact) mass is 412 g/mol. The van der Waals surface area contributed by atoms with Gasteiger partial charge in [0.2, 0.25) is 5.82 Å². The number of hydrogen-bond donors (Lipinski definition) is 2. The molecule has 0 saturated carbocycles. The molecule has 1 amide bonds. The molecule has 0 fully saturated rings. The van der Waals surface area contributed by atoms with Crippen LogP contribution in [-0.4, -0.2) is 41.7 Å². The summed E-state index contributed by atoms with van der Waals surface area (Å²) in [5.74, 6) is 1.05. The fourth-order valence-electron chi connectivity index (χ4n) is 2.99. The van der Waals surface area contributed by atoms with Crippen molar-refractivity contribution < 1.29 is 24.0 Å². The van der Waals surface area contributed by atoms with Crippen LogP contribution in [0.5, 0.6) is 5.88 Å². The van der Waals surface area contributed by atoms with Gasteiger partial charge in [-0.2, -0.15) is 9.47 Å². The molecule has 30 heavy (non-hydrogen) atoms. The topological polar surface area (TPSA) is 100 Å². The molecule has 0 atom stereocenters. The predicted octanol–water partition coefficient (Wildman–Crippen LogP) is 3.03. The number of anilines is 2. The van der Waals surface area contributed by atoms with Gasteiger partial charge in [-0.15, -0.1) is 6.58 Å². The Kier molecular flexibility index (Phi) is 5.91. The van der Waals surface area contributed by atoms with Crippen molar-refractivity contribution in [2.24, 2.45) is 5.16 Å². The van der Waals surface area contributed by atoms with Crippen molar-refractivity contribution in [1.29, 1.82) is 0 Å². The molecule has 9 nitrogen and oxygen atoms in total. The van der Waals surface area contributed by atoms with Crippen molar-refractivity contribution >= 4 is 24.1 Å². The lowest BCUT2D eigenvalue weighted by atomic mass is 10.1. The Morgan fingerprint density at radius 3 is 2.87 bits per heavy atom. The third kappa shape index (κ3) is 4.19. The number of carbonyl (C=O) groups is 1. The minimum absolute atomic E-state index is 0.285. The summed E-state index contributed by atoms with van der Waals surface area (Å²) in [4.78, 5) is 18.8. The van der Waals surface area contributed by atoms with E-state index in [0.29, 0.717) is 30.4 Å². The van der Waals surface area contributed by atoms with Crippen LogP contribution < -0.4 is 19.5 Å². The van der Waals surface area contributed by atoms with E-state index < -0.39 is 11.7 Å². The smallest absolute Gasteiger partial charge is 0.462 e. The van der Waals surface area contributed by atoms with Gasteiger partial charge in [-0.3, -0.25) is 0 Å². The van der Waals surface area contributed by atoms with Crippen molar-refractivity contribution in [2.75, 3.05) is 23.8 Å². The lowest BCUT2D eigenvalue weighted by molar-refractivity contribution is -0.598. The summed E-state index contributed by atoms with van der Waals surface area (Å²) in [5.41, 5.74) is 1.50. The fourth-order valence-corrected chi connectivity index (χ4v) is 2.99. The van der Waals surface area contributed by atoms with Crippen LogP contribution in [0.4, 0.5) is 16.6 Å². The first-order valence-corrected chi connectivity index (χ1v) is 9.47. The minimum atomic E-state index is -0.669. The normalized spacial score (nSPS) is 12.5. The highest BCUT2D eigenvalue weighted by atomic mass is 16.6. The van der Waals surface area contributed by atoms with E-state index in [2.05, 4.69) is 22.0 Å². The Bertz CT molecular complexity index is 998. The Hall–Kier alpha value is -3.62. The first-order chi connectivity index (χ1) is 14.3. The van der Waals surface area contributed by atoms with Gasteiger partial charge in [0.05, 0.1) is 13.3 Å². The minimum Gasteiger partial charge on any atom is -0.462 e.